The smallest absolute Gasteiger partial charge is 0.242 e. The van der Waals surface area contributed by atoms with E-state index in [0.717, 1.165) is 6.20 Å². The first-order valence-electron chi connectivity index (χ1n) is 8.24. The molecule has 10 nitrogen and oxygen atoms in total. The average Bonchev–Trinajstić information content (AvgIpc) is 3.25. The molecule has 4 aromatic rings. The van der Waals surface area contributed by atoms with Gasteiger partial charge in [0, 0.05) is 0 Å². The second kappa shape index (κ2) is 5.49. The lowest BCUT2D eigenvalue weighted by Crippen LogP contribution is -2.34. The Morgan fingerprint density at radius 3 is 2.79 bits per heavy atom. The second-order valence-electron chi connectivity index (χ2n) is 6.45. The van der Waals surface area contributed by atoms with E-state index in [0.29, 0.717) is 28.0 Å². The van der Waals surface area contributed by atoms with E-state index in [4.69, 9.17) is 5.73 Å². The molecule has 4 aromatic heterocycles. The Hall–Kier alpha value is -4.02. The molecule has 1 atom stereocenters. The Morgan fingerprint density at radius 1 is 1.14 bits per heavy atom. The fraction of sp³-hybridized carbons (Fsp3) is 0.118. The van der Waals surface area contributed by atoms with Crippen LogP contribution in [0.3, 0.4) is 0 Å². The summed E-state index contributed by atoms with van der Waals surface area (Å²) in [5.74, 6) is -0.297. The van der Waals surface area contributed by atoms with Crippen molar-refractivity contribution in [2.24, 2.45) is 0 Å². The molecular formula is C17H12FN9O. The monoisotopic (exact) mass is 377 g/mol. The van der Waals surface area contributed by atoms with Gasteiger partial charge in [-0.3, -0.25) is 14.9 Å². The third-order valence-electron chi connectivity index (χ3n) is 4.82. The molecule has 1 unspecified atom stereocenters. The van der Waals surface area contributed by atoms with Gasteiger partial charge in [-0.25, -0.2) is 24.3 Å². The van der Waals surface area contributed by atoms with Gasteiger partial charge in [-0.2, -0.15) is 5.10 Å². The minimum atomic E-state index is -1.25. The van der Waals surface area contributed by atoms with Gasteiger partial charge >= 0.3 is 0 Å². The summed E-state index contributed by atoms with van der Waals surface area (Å²) in [4.78, 5) is 34.0. The number of hydrogen-bond donors (Lipinski definition) is 3. The molecule has 0 fully saturated rings. The van der Waals surface area contributed by atoms with Crippen molar-refractivity contribution in [3.8, 4) is 11.5 Å². The maximum Gasteiger partial charge on any atom is 0.242 e. The topological polar surface area (TPSA) is 148 Å². The van der Waals surface area contributed by atoms with Crippen molar-refractivity contribution in [1.82, 2.24) is 35.1 Å². The van der Waals surface area contributed by atoms with Crippen molar-refractivity contribution < 1.29 is 9.18 Å². The maximum absolute atomic E-state index is 13.3. The molecule has 0 spiro atoms. The molecule has 0 saturated carbocycles. The van der Waals surface area contributed by atoms with Gasteiger partial charge in [-0.1, -0.05) is 0 Å². The van der Waals surface area contributed by atoms with Crippen molar-refractivity contribution in [2.45, 2.75) is 12.3 Å². The summed E-state index contributed by atoms with van der Waals surface area (Å²) in [6.45, 7) is 1.65. The zero-order valence-corrected chi connectivity index (χ0v) is 14.4. The number of amides is 1. The van der Waals surface area contributed by atoms with Crippen LogP contribution < -0.4 is 11.1 Å². The van der Waals surface area contributed by atoms with Crippen LogP contribution in [0.1, 0.15) is 18.2 Å². The van der Waals surface area contributed by atoms with Crippen LogP contribution in [-0.4, -0.2) is 41.0 Å². The molecule has 5 heterocycles. The summed E-state index contributed by atoms with van der Waals surface area (Å²) in [5, 5.41) is 10.0. The van der Waals surface area contributed by atoms with Crippen molar-refractivity contribution >= 4 is 28.6 Å². The van der Waals surface area contributed by atoms with Gasteiger partial charge in [0.2, 0.25) is 5.91 Å². The average molecular weight is 377 g/mol. The first-order valence-corrected chi connectivity index (χ1v) is 8.24. The highest BCUT2D eigenvalue weighted by Crippen LogP contribution is 2.44. The first kappa shape index (κ1) is 16.2. The van der Waals surface area contributed by atoms with Crippen LogP contribution in [0.2, 0.25) is 0 Å². The lowest BCUT2D eigenvalue weighted by atomic mass is 9.81. The number of nitrogens with zero attached hydrogens (tertiary/aromatic N) is 6. The van der Waals surface area contributed by atoms with Crippen LogP contribution in [0.15, 0.2) is 30.9 Å². The molecule has 138 valence electrons. The van der Waals surface area contributed by atoms with Crippen molar-refractivity contribution in [2.75, 3.05) is 11.1 Å². The van der Waals surface area contributed by atoms with Gasteiger partial charge in [0.15, 0.2) is 11.5 Å². The Bertz CT molecular complexity index is 1250. The molecule has 0 bridgehead atoms. The summed E-state index contributed by atoms with van der Waals surface area (Å²) < 4.78 is 13.3. The Morgan fingerprint density at radius 2 is 2.00 bits per heavy atom. The predicted molar refractivity (Wildman–Crippen MR) is 96.4 cm³/mol. The van der Waals surface area contributed by atoms with E-state index in [1.165, 1.54) is 18.5 Å². The fourth-order valence-electron chi connectivity index (χ4n) is 3.37. The Kier molecular flexibility index (Phi) is 3.17. The van der Waals surface area contributed by atoms with E-state index in [9.17, 15) is 9.18 Å². The third-order valence-corrected chi connectivity index (χ3v) is 4.82. The van der Waals surface area contributed by atoms with E-state index in [2.05, 4.69) is 40.4 Å². The number of fused-ring (bicyclic) bond motifs is 2. The van der Waals surface area contributed by atoms with Crippen molar-refractivity contribution in [3.05, 3.63) is 47.9 Å². The highest BCUT2D eigenvalue weighted by Gasteiger charge is 2.48. The first-order chi connectivity index (χ1) is 13.5. The van der Waals surface area contributed by atoms with Gasteiger partial charge in [0.1, 0.15) is 34.9 Å². The van der Waals surface area contributed by atoms with Crippen LogP contribution in [0.4, 0.5) is 16.0 Å². The predicted octanol–water partition coefficient (Wildman–Crippen LogP) is 1.18. The maximum atomic E-state index is 13.3. The van der Waals surface area contributed by atoms with Crippen LogP contribution in [0.25, 0.3) is 22.6 Å². The number of carbonyl (C=O) groups is 1. The third kappa shape index (κ3) is 2.09. The molecule has 0 aromatic carbocycles. The molecule has 0 saturated heterocycles. The Labute approximate surface area is 156 Å². The highest BCUT2D eigenvalue weighted by atomic mass is 19.1. The molecule has 1 aliphatic rings. The molecule has 28 heavy (non-hydrogen) atoms. The zero-order valence-electron chi connectivity index (χ0n) is 14.4. The summed E-state index contributed by atoms with van der Waals surface area (Å²) >= 11 is 0. The molecule has 0 aliphatic carbocycles. The molecule has 1 amide bonds. The summed E-state index contributed by atoms with van der Waals surface area (Å²) in [5.41, 5.74) is 6.65. The number of rotatable bonds is 2. The van der Waals surface area contributed by atoms with Gasteiger partial charge in [0.05, 0.1) is 29.0 Å². The quantitative estimate of drug-likeness (QED) is 0.472. The van der Waals surface area contributed by atoms with Crippen LogP contribution >= 0.6 is 0 Å². The normalized spacial score (nSPS) is 18.3. The second-order valence-corrected chi connectivity index (χ2v) is 6.45. The fourth-order valence-corrected chi connectivity index (χ4v) is 3.37. The van der Waals surface area contributed by atoms with Crippen LogP contribution in [0.5, 0.6) is 0 Å². The van der Waals surface area contributed by atoms with Gasteiger partial charge in [-0.05, 0) is 19.1 Å². The number of nitrogens with two attached hydrogens (primary N) is 1. The molecule has 1 aliphatic heterocycles. The lowest BCUT2D eigenvalue weighted by Gasteiger charge is -2.22. The Balaban J connectivity index is 1.70. The standard InChI is InChI=1S/C17H12FN9O/c1-17(9-3-2-7(18)4-20-9)10-12(19)24-15(25-14(10)26-16(17)28)11-8-5-23-27-13(8)22-6-21-11/h2-6H,1H3,(H,21,22,23,27)(H3,19,24,25,26,28). The number of nitrogens with one attached hydrogen (secondary N) is 2. The minimum absolute atomic E-state index is 0.0993. The number of hydrogen-bond acceptors (Lipinski definition) is 8. The lowest BCUT2D eigenvalue weighted by molar-refractivity contribution is -0.119. The number of aromatic nitrogens is 7. The van der Waals surface area contributed by atoms with Gasteiger partial charge < -0.3 is 11.1 Å². The largest absolute Gasteiger partial charge is 0.383 e. The summed E-state index contributed by atoms with van der Waals surface area (Å²) in [7, 11) is 0. The molecule has 0 radical (unpaired) electrons. The number of aromatic amines is 1. The molecule has 11 heteroatoms. The van der Waals surface area contributed by atoms with Gasteiger partial charge in [0.25, 0.3) is 0 Å². The SMILES string of the molecule is CC1(c2ccc(F)cn2)C(=O)Nc2nc(-c3ncnc4[nH]ncc34)nc(N)c21. The number of H-pyrrole nitrogens is 1. The molecule has 4 N–H and O–H groups in total. The van der Waals surface area contributed by atoms with Crippen LogP contribution in [-0.2, 0) is 10.2 Å². The van der Waals surface area contributed by atoms with E-state index >= 15 is 0 Å². The van der Waals surface area contributed by atoms with E-state index < -0.39 is 11.2 Å². The number of anilines is 2. The van der Waals surface area contributed by atoms with E-state index in [1.807, 2.05) is 0 Å². The summed E-state index contributed by atoms with van der Waals surface area (Å²) in [6, 6.07) is 2.68. The van der Waals surface area contributed by atoms with E-state index in [-0.39, 0.29) is 23.4 Å². The molecular weight excluding hydrogens is 365 g/mol. The van der Waals surface area contributed by atoms with Crippen molar-refractivity contribution in [1.29, 1.82) is 0 Å². The van der Waals surface area contributed by atoms with Crippen LogP contribution in [0, 0.1) is 5.82 Å². The zero-order chi connectivity index (χ0) is 19.5. The number of halogens is 1. The van der Waals surface area contributed by atoms with Crippen molar-refractivity contribution in [3.63, 3.8) is 0 Å². The number of nitrogen functional groups attached to an aromatic ring is 1. The highest BCUT2D eigenvalue weighted by molar-refractivity contribution is 6.09. The number of carbonyl (C=O) groups excluding carboxylic acids is 1. The van der Waals surface area contributed by atoms with E-state index in [1.54, 1.807) is 13.1 Å². The minimum Gasteiger partial charge on any atom is -0.383 e. The number of pyridine rings is 1. The molecule has 5 rings (SSSR count). The summed E-state index contributed by atoms with van der Waals surface area (Å²) in [6.07, 6.45) is 3.96. The van der Waals surface area contributed by atoms with Gasteiger partial charge in [-0.15, -0.1) is 0 Å².